The number of ether oxygens (including phenoxy) is 2. The summed E-state index contributed by atoms with van der Waals surface area (Å²) in [6.07, 6.45) is 0. The molecule has 0 saturated carbocycles. The molecule has 0 spiro atoms. The molecular weight excluding hydrogens is 624 g/mol. The van der Waals surface area contributed by atoms with Crippen LogP contribution in [0.1, 0.15) is 11.1 Å². The molecule has 0 aliphatic carbocycles. The Labute approximate surface area is 333 Å². The van der Waals surface area contributed by atoms with Gasteiger partial charge < -0.3 is 95.2 Å². The van der Waals surface area contributed by atoms with Crippen LogP contribution in [0.2, 0.25) is 0 Å². The molecule has 2 N–H and O–H groups in total. The second-order valence-corrected chi connectivity index (χ2v) is 6.77. The fraction of sp³-hybridized carbons (Fsp3) is 0.105. The zero-order valence-electron chi connectivity index (χ0n) is 31.5. The zero-order valence-corrected chi connectivity index (χ0v) is 36.1. The quantitative estimate of drug-likeness (QED) is 0.156. The second kappa shape index (κ2) is 58.7. The summed E-state index contributed by atoms with van der Waals surface area (Å²) in [6, 6.07) is 34.5. The summed E-state index contributed by atoms with van der Waals surface area (Å²) in [5, 5.41) is 0. The Morgan fingerprint density at radius 3 is 0.739 bits per heavy atom. The van der Waals surface area contributed by atoms with E-state index in [-0.39, 0.29) is 144 Å². The van der Waals surface area contributed by atoms with Crippen LogP contribution in [-0.4, -0.2) is 83.7 Å². The summed E-state index contributed by atoms with van der Waals surface area (Å²) < 4.78 is 9.75. The standard InChI is InChI=1S/2C7H8NO.2C7H8.10CH3.4Al/c2*1-9-7-4-2-3-6(8)5-7;2*1-7-5-3-2-4-6-7;;;;;;;;;;;;;;/h2*2-5,8H,1H3;2*2-6H,1H3;10*1H3;;;;/q2*-1;;;10*-1;4*+3. The number of benzene rings is 4. The minimum Gasteiger partial charge on any atom is -0.699 e. The van der Waals surface area contributed by atoms with Crippen LogP contribution in [0.25, 0.3) is 11.5 Å². The van der Waals surface area contributed by atoms with E-state index in [9.17, 15) is 0 Å². The van der Waals surface area contributed by atoms with Crippen molar-refractivity contribution in [2.75, 3.05) is 14.2 Å². The molecule has 0 unspecified atom stereocenters. The van der Waals surface area contributed by atoms with Gasteiger partial charge in [0, 0.05) is 0 Å². The van der Waals surface area contributed by atoms with Gasteiger partial charge in [0.05, 0.1) is 14.2 Å². The molecular formula is C38H62Al4N2O2. The smallest absolute Gasteiger partial charge is 0.699 e. The minimum absolute atomic E-state index is 0. The van der Waals surface area contributed by atoms with Crippen molar-refractivity contribution in [1.82, 2.24) is 0 Å². The van der Waals surface area contributed by atoms with Gasteiger partial charge in [0.15, 0.2) is 0 Å². The van der Waals surface area contributed by atoms with E-state index in [1.807, 2.05) is 48.5 Å². The van der Waals surface area contributed by atoms with Crippen LogP contribution in [0.15, 0.2) is 109 Å². The van der Waals surface area contributed by atoms with E-state index in [4.69, 9.17) is 20.9 Å². The number of nitrogens with one attached hydrogen (secondary N) is 2. The molecule has 4 aromatic rings. The first-order chi connectivity index (χ1) is 15.4. The summed E-state index contributed by atoms with van der Waals surface area (Å²) in [4.78, 5) is 0. The summed E-state index contributed by atoms with van der Waals surface area (Å²) in [5.74, 6) is 1.48. The fourth-order valence-corrected chi connectivity index (χ4v) is 2.31. The van der Waals surface area contributed by atoms with Crippen molar-refractivity contribution >= 4 is 80.8 Å². The second-order valence-electron chi connectivity index (χ2n) is 6.77. The van der Waals surface area contributed by atoms with E-state index in [0.717, 1.165) is 11.5 Å². The van der Waals surface area contributed by atoms with E-state index in [2.05, 4.69) is 38.1 Å². The SMILES string of the molecule is COc1cccc([NH-])c1.COc1cccc([NH-])c1.Cc1ccccc1.Cc1ccccc1.[Al+3].[Al+3].[Al+3].[Al+3].[CH3-].[CH3-].[CH3-].[CH3-].[CH3-].[CH3-].[CH3-].[CH3-].[CH3-].[CH3-]. The number of rotatable bonds is 2. The van der Waals surface area contributed by atoms with Crippen LogP contribution in [-0.2, 0) is 0 Å². The number of hydrogen-bond donors (Lipinski definition) is 0. The van der Waals surface area contributed by atoms with Crippen LogP contribution in [0, 0.1) is 88.1 Å². The molecule has 4 rings (SSSR count). The monoisotopic (exact) mass is 686 g/mol. The van der Waals surface area contributed by atoms with Crippen LogP contribution in [0.4, 0.5) is 11.4 Å². The Kier molecular flexibility index (Phi) is 115. The topological polar surface area (TPSA) is 66.1 Å². The van der Waals surface area contributed by atoms with Gasteiger partial charge in [-0.1, -0.05) is 96.1 Å². The summed E-state index contributed by atoms with van der Waals surface area (Å²) in [7, 11) is 3.18. The van der Waals surface area contributed by atoms with Gasteiger partial charge >= 0.3 is 69.4 Å². The van der Waals surface area contributed by atoms with E-state index >= 15 is 0 Å². The molecule has 248 valence electrons. The minimum atomic E-state index is 0. The van der Waals surface area contributed by atoms with Crippen molar-refractivity contribution in [1.29, 1.82) is 0 Å². The first-order valence-corrected chi connectivity index (χ1v) is 10.2. The molecule has 0 aliphatic heterocycles. The molecule has 0 amide bonds. The Balaban J connectivity index is -0.0000000225. The van der Waals surface area contributed by atoms with Gasteiger partial charge in [-0.05, 0) is 38.1 Å². The Morgan fingerprint density at radius 2 is 0.609 bits per heavy atom. The van der Waals surface area contributed by atoms with Crippen molar-refractivity contribution in [2.45, 2.75) is 13.8 Å². The van der Waals surface area contributed by atoms with Crippen molar-refractivity contribution in [3.05, 3.63) is 206 Å². The largest absolute Gasteiger partial charge is 3.00 e. The molecule has 0 atom stereocenters. The van der Waals surface area contributed by atoms with Gasteiger partial charge in [-0.2, -0.15) is 0 Å². The fourth-order valence-electron chi connectivity index (χ4n) is 2.31. The molecule has 0 bridgehead atoms. The molecule has 4 nitrogen and oxygen atoms in total. The summed E-state index contributed by atoms with van der Waals surface area (Å²) in [5.41, 5.74) is 17.9. The molecule has 8 heteroatoms. The van der Waals surface area contributed by atoms with Crippen LogP contribution < -0.4 is 9.47 Å². The van der Waals surface area contributed by atoms with Gasteiger partial charge in [-0.25, -0.2) is 0 Å². The van der Waals surface area contributed by atoms with Crippen LogP contribution in [0.3, 0.4) is 0 Å². The molecule has 0 radical (unpaired) electrons. The van der Waals surface area contributed by atoms with E-state index in [0.29, 0.717) is 11.4 Å². The number of methoxy groups -OCH3 is 2. The zero-order chi connectivity index (χ0) is 23.6. The summed E-state index contributed by atoms with van der Waals surface area (Å²) >= 11 is 0. The maximum absolute atomic E-state index is 7.16. The average molecular weight is 687 g/mol. The third kappa shape index (κ3) is 49.1. The van der Waals surface area contributed by atoms with Crippen molar-refractivity contribution in [2.24, 2.45) is 0 Å². The molecule has 0 aromatic heterocycles. The van der Waals surface area contributed by atoms with E-state index < -0.39 is 0 Å². The van der Waals surface area contributed by atoms with Gasteiger partial charge in [0.2, 0.25) is 0 Å². The van der Waals surface area contributed by atoms with Crippen molar-refractivity contribution in [3.63, 3.8) is 0 Å². The Bertz CT molecular complexity index is 928. The number of hydrogen-bond acceptors (Lipinski definition) is 2. The molecule has 0 fully saturated rings. The van der Waals surface area contributed by atoms with Gasteiger partial charge in [-0.3, -0.25) is 0 Å². The van der Waals surface area contributed by atoms with Crippen LogP contribution >= 0.6 is 0 Å². The third-order valence-electron chi connectivity index (χ3n) is 4.02. The predicted octanol–water partition coefficient (Wildman–Crippen LogP) is 11.7. The molecule has 0 heterocycles. The maximum Gasteiger partial charge on any atom is 3.00 e. The maximum atomic E-state index is 7.16. The van der Waals surface area contributed by atoms with Crippen LogP contribution in [0.5, 0.6) is 11.5 Å². The Morgan fingerprint density at radius 1 is 0.370 bits per heavy atom. The predicted molar refractivity (Wildman–Crippen MR) is 223 cm³/mol. The van der Waals surface area contributed by atoms with Gasteiger partial charge in [0.1, 0.15) is 11.5 Å². The molecule has 0 aliphatic rings. The first-order valence-electron chi connectivity index (χ1n) is 10.2. The van der Waals surface area contributed by atoms with E-state index in [1.165, 1.54) is 11.1 Å². The normalized spacial score (nSPS) is 6.17. The Hall–Kier alpha value is -1.79. The van der Waals surface area contributed by atoms with Gasteiger partial charge in [-0.15, -0.1) is 11.4 Å². The summed E-state index contributed by atoms with van der Waals surface area (Å²) in [6.45, 7) is 4.17. The van der Waals surface area contributed by atoms with Crippen molar-refractivity contribution < 1.29 is 9.47 Å². The third-order valence-corrected chi connectivity index (χ3v) is 4.02. The van der Waals surface area contributed by atoms with E-state index in [1.54, 1.807) is 50.6 Å². The molecule has 0 saturated heterocycles. The average Bonchev–Trinajstić information content (AvgIpc) is 2.81. The van der Waals surface area contributed by atoms with Crippen molar-refractivity contribution in [3.8, 4) is 11.5 Å². The first kappa shape index (κ1) is 90.4. The molecule has 4 aromatic carbocycles. The van der Waals surface area contributed by atoms with Gasteiger partial charge in [0.25, 0.3) is 0 Å². The molecule has 46 heavy (non-hydrogen) atoms. The number of aryl methyl sites for hydroxylation is 2.